The summed E-state index contributed by atoms with van der Waals surface area (Å²) in [4.78, 5) is 36.1. The van der Waals surface area contributed by atoms with E-state index in [2.05, 4.69) is 52.9 Å². The summed E-state index contributed by atoms with van der Waals surface area (Å²) in [5.74, 6) is -0.607. The van der Waals surface area contributed by atoms with Gasteiger partial charge in [-0.2, -0.15) is 0 Å². The highest BCUT2D eigenvalue weighted by molar-refractivity contribution is 9.10. The number of hydrazine groups is 1. The Morgan fingerprint density at radius 2 is 1.65 bits per heavy atom. The van der Waals surface area contributed by atoms with Crippen molar-refractivity contribution in [1.29, 1.82) is 0 Å². The van der Waals surface area contributed by atoms with Gasteiger partial charge in [0.25, 0.3) is 11.8 Å². The van der Waals surface area contributed by atoms with E-state index < -0.39 is 11.8 Å². The van der Waals surface area contributed by atoms with Gasteiger partial charge in [0.2, 0.25) is 5.91 Å². The van der Waals surface area contributed by atoms with Crippen LogP contribution in [0.3, 0.4) is 0 Å². The molecule has 8 heteroatoms. The average Bonchev–Trinajstić information content (AvgIpc) is 2.70. The molecule has 2 rings (SSSR count). The number of hydrogen-bond acceptors (Lipinski definition) is 4. The van der Waals surface area contributed by atoms with Crippen molar-refractivity contribution in [3.05, 3.63) is 58.1 Å². The zero-order valence-electron chi connectivity index (χ0n) is 18.3. The average molecular weight is 490 g/mol. The Kier molecular flexibility index (Phi) is 8.21. The van der Waals surface area contributed by atoms with Gasteiger partial charge in [-0.25, -0.2) is 0 Å². The van der Waals surface area contributed by atoms with Crippen molar-refractivity contribution in [3.8, 4) is 5.75 Å². The number of amides is 3. The molecule has 31 heavy (non-hydrogen) atoms. The van der Waals surface area contributed by atoms with Crippen LogP contribution in [0.5, 0.6) is 5.75 Å². The van der Waals surface area contributed by atoms with E-state index in [4.69, 9.17) is 4.74 Å². The SMILES string of the molecule is CC(C)C(=O)Nc1ccc(C(=O)NNC(=O)COc2ccc(Br)cc2C(C)(C)C)cc1. The molecule has 2 aromatic carbocycles. The van der Waals surface area contributed by atoms with Crippen molar-refractivity contribution >= 4 is 39.3 Å². The molecule has 3 N–H and O–H groups in total. The van der Waals surface area contributed by atoms with E-state index in [0.717, 1.165) is 10.0 Å². The van der Waals surface area contributed by atoms with Crippen LogP contribution in [0.2, 0.25) is 0 Å². The Morgan fingerprint density at radius 1 is 1.00 bits per heavy atom. The Labute approximate surface area is 191 Å². The maximum atomic E-state index is 12.2. The van der Waals surface area contributed by atoms with Crippen molar-refractivity contribution in [2.24, 2.45) is 5.92 Å². The van der Waals surface area contributed by atoms with Gasteiger partial charge in [-0.05, 0) is 47.9 Å². The molecular weight excluding hydrogens is 462 g/mol. The molecule has 0 aromatic heterocycles. The van der Waals surface area contributed by atoms with Crippen molar-refractivity contribution in [3.63, 3.8) is 0 Å². The maximum Gasteiger partial charge on any atom is 0.276 e. The molecule has 0 aliphatic heterocycles. The standard InChI is InChI=1S/C23H28BrN3O4/c1-14(2)21(29)25-17-9-6-15(7-10-17)22(30)27-26-20(28)13-31-19-11-8-16(24)12-18(19)23(3,4)5/h6-12,14H,13H2,1-5H3,(H,25,29)(H,26,28)(H,27,30). The van der Waals surface area contributed by atoms with Gasteiger partial charge in [0.05, 0.1) is 0 Å². The van der Waals surface area contributed by atoms with Gasteiger partial charge in [-0.3, -0.25) is 25.2 Å². The molecule has 3 amide bonds. The molecule has 0 aliphatic rings. The Morgan fingerprint density at radius 3 is 2.23 bits per heavy atom. The lowest BCUT2D eigenvalue weighted by Gasteiger charge is -2.23. The van der Waals surface area contributed by atoms with Gasteiger partial charge in [-0.1, -0.05) is 50.5 Å². The van der Waals surface area contributed by atoms with Crippen LogP contribution in [0.15, 0.2) is 46.9 Å². The van der Waals surface area contributed by atoms with Crippen molar-refractivity contribution in [2.45, 2.75) is 40.0 Å². The number of rotatable bonds is 6. The lowest BCUT2D eigenvalue weighted by atomic mass is 9.86. The number of carbonyl (C=O) groups excluding carboxylic acids is 3. The van der Waals surface area contributed by atoms with E-state index in [-0.39, 0.29) is 23.8 Å². The maximum absolute atomic E-state index is 12.2. The highest BCUT2D eigenvalue weighted by atomic mass is 79.9. The molecule has 0 saturated heterocycles. The third-order valence-corrected chi connectivity index (χ3v) is 4.86. The number of anilines is 1. The third kappa shape index (κ3) is 7.40. The van der Waals surface area contributed by atoms with Gasteiger partial charge in [0.15, 0.2) is 6.61 Å². The second kappa shape index (κ2) is 10.4. The molecule has 0 atom stereocenters. The molecule has 0 bridgehead atoms. The summed E-state index contributed by atoms with van der Waals surface area (Å²) in [5.41, 5.74) is 6.43. The van der Waals surface area contributed by atoms with Crippen LogP contribution in [0.4, 0.5) is 5.69 Å². The Hall–Kier alpha value is -2.87. The van der Waals surface area contributed by atoms with Crippen molar-refractivity contribution in [1.82, 2.24) is 10.9 Å². The van der Waals surface area contributed by atoms with Crippen LogP contribution in [-0.4, -0.2) is 24.3 Å². The first-order chi connectivity index (χ1) is 14.5. The first-order valence-corrected chi connectivity index (χ1v) is 10.7. The predicted molar refractivity (Wildman–Crippen MR) is 124 cm³/mol. The second-order valence-corrected chi connectivity index (χ2v) is 9.32. The molecule has 0 aliphatic carbocycles. The van der Waals surface area contributed by atoms with Crippen LogP contribution in [0, 0.1) is 5.92 Å². The number of halogens is 1. The quantitative estimate of drug-likeness (QED) is 0.530. The fraction of sp³-hybridized carbons (Fsp3) is 0.348. The zero-order valence-corrected chi connectivity index (χ0v) is 19.9. The van der Waals surface area contributed by atoms with Crippen LogP contribution >= 0.6 is 15.9 Å². The van der Waals surface area contributed by atoms with Crippen LogP contribution in [0.25, 0.3) is 0 Å². The number of carbonyl (C=O) groups is 3. The molecule has 0 fully saturated rings. The predicted octanol–water partition coefficient (Wildman–Crippen LogP) is 4.18. The summed E-state index contributed by atoms with van der Waals surface area (Å²) < 4.78 is 6.59. The number of hydrogen-bond donors (Lipinski definition) is 3. The van der Waals surface area contributed by atoms with Gasteiger partial charge in [0, 0.05) is 27.2 Å². The summed E-state index contributed by atoms with van der Waals surface area (Å²) in [5, 5.41) is 2.75. The van der Waals surface area contributed by atoms with E-state index in [9.17, 15) is 14.4 Å². The topological polar surface area (TPSA) is 96.5 Å². The van der Waals surface area contributed by atoms with E-state index in [0.29, 0.717) is 17.0 Å². The van der Waals surface area contributed by atoms with Gasteiger partial charge >= 0.3 is 0 Å². The molecule has 0 radical (unpaired) electrons. The lowest BCUT2D eigenvalue weighted by Crippen LogP contribution is -2.43. The summed E-state index contributed by atoms with van der Waals surface area (Å²) in [6.45, 7) is 9.52. The zero-order chi connectivity index (χ0) is 23.2. The number of ether oxygens (including phenoxy) is 1. The molecule has 0 unspecified atom stereocenters. The van der Waals surface area contributed by atoms with E-state index in [1.165, 1.54) is 0 Å². The lowest BCUT2D eigenvalue weighted by molar-refractivity contribution is -0.124. The van der Waals surface area contributed by atoms with Crippen molar-refractivity contribution in [2.75, 3.05) is 11.9 Å². The summed E-state index contributed by atoms with van der Waals surface area (Å²) in [6, 6.07) is 12.0. The van der Waals surface area contributed by atoms with E-state index in [1.807, 2.05) is 12.1 Å². The number of nitrogens with one attached hydrogen (secondary N) is 3. The molecule has 0 saturated carbocycles. The molecule has 166 valence electrons. The normalized spacial score (nSPS) is 11.1. The number of benzene rings is 2. The van der Waals surface area contributed by atoms with Gasteiger partial charge in [0.1, 0.15) is 5.75 Å². The van der Waals surface area contributed by atoms with Crippen molar-refractivity contribution < 1.29 is 19.1 Å². The molecule has 7 nitrogen and oxygen atoms in total. The van der Waals surface area contributed by atoms with E-state index >= 15 is 0 Å². The van der Waals surface area contributed by atoms with Crippen LogP contribution in [0.1, 0.15) is 50.5 Å². The Bertz CT molecular complexity index is 950. The molecule has 2 aromatic rings. The summed E-state index contributed by atoms with van der Waals surface area (Å²) >= 11 is 3.45. The van der Waals surface area contributed by atoms with Crippen LogP contribution in [-0.2, 0) is 15.0 Å². The fourth-order valence-corrected chi connectivity index (χ4v) is 2.94. The second-order valence-electron chi connectivity index (χ2n) is 8.40. The summed E-state index contributed by atoms with van der Waals surface area (Å²) in [6.07, 6.45) is 0. The fourth-order valence-electron chi connectivity index (χ4n) is 2.58. The Balaban J connectivity index is 1.88. The highest BCUT2D eigenvalue weighted by Gasteiger charge is 2.20. The highest BCUT2D eigenvalue weighted by Crippen LogP contribution is 2.33. The minimum Gasteiger partial charge on any atom is -0.483 e. The van der Waals surface area contributed by atoms with Gasteiger partial charge < -0.3 is 10.1 Å². The third-order valence-electron chi connectivity index (χ3n) is 4.36. The smallest absolute Gasteiger partial charge is 0.276 e. The van der Waals surface area contributed by atoms with E-state index in [1.54, 1.807) is 44.2 Å². The molecule has 0 spiro atoms. The summed E-state index contributed by atoms with van der Waals surface area (Å²) in [7, 11) is 0. The minimum absolute atomic E-state index is 0.107. The molecular formula is C23H28BrN3O4. The largest absolute Gasteiger partial charge is 0.483 e. The monoisotopic (exact) mass is 489 g/mol. The first-order valence-electron chi connectivity index (χ1n) is 9.90. The first kappa shape index (κ1) is 24.4. The van der Waals surface area contributed by atoms with Gasteiger partial charge in [-0.15, -0.1) is 0 Å². The molecule has 0 heterocycles. The minimum atomic E-state index is -0.489. The van der Waals surface area contributed by atoms with Crippen LogP contribution < -0.4 is 20.9 Å².